The summed E-state index contributed by atoms with van der Waals surface area (Å²) < 4.78 is 2.30. The summed E-state index contributed by atoms with van der Waals surface area (Å²) in [6.07, 6.45) is 1.99. The topological polar surface area (TPSA) is 24.3 Å². The van der Waals surface area contributed by atoms with Crippen LogP contribution in [0.5, 0.6) is 0 Å². The second kappa shape index (κ2) is 13.9. The van der Waals surface area contributed by atoms with Crippen LogP contribution in [0.1, 0.15) is 24.1 Å². The van der Waals surface area contributed by atoms with E-state index in [2.05, 4.69) is 111 Å². The van der Waals surface area contributed by atoms with Crippen LogP contribution in [0, 0.1) is 5.92 Å². The average molecular weight is 534 g/mol. The maximum Gasteiger partial charge on any atom is 0.0958 e. The fraction of sp³-hybridized carbons (Fsp3) is 0.321. The van der Waals surface area contributed by atoms with E-state index in [-0.39, 0.29) is 37.2 Å². The highest BCUT2D eigenvalue weighted by Crippen LogP contribution is 2.29. The number of hydrogen-bond donors (Lipinski definition) is 0. The third-order valence-electron chi connectivity index (χ3n) is 6.61. The second-order valence-electron chi connectivity index (χ2n) is 9.05. The minimum absolute atomic E-state index is 0. The lowest BCUT2D eigenvalue weighted by Gasteiger charge is -2.40. The van der Waals surface area contributed by atoms with Crippen LogP contribution in [0.15, 0.2) is 91.3 Å². The zero-order valence-corrected chi connectivity index (χ0v) is 22.5. The quantitative estimate of drug-likeness (QED) is 0.277. The van der Waals surface area contributed by atoms with Gasteiger partial charge >= 0.3 is 0 Å². The van der Waals surface area contributed by atoms with Crippen LogP contribution in [0.3, 0.4) is 0 Å². The maximum atomic E-state index is 4.55. The summed E-state index contributed by atoms with van der Waals surface area (Å²) in [6.45, 7) is 8.91. The van der Waals surface area contributed by atoms with Crippen LogP contribution in [0.25, 0.3) is 11.0 Å². The van der Waals surface area contributed by atoms with E-state index in [9.17, 15) is 0 Å². The summed E-state index contributed by atoms with van der Waals surface area (Å²) in [7, 11) is 0. The predicted molar refractivity (Wildman–Crippen MR) is 153 cm³/mol. The minimum Gasteiger partial charge on any atom is -0.330 e. The molecule has 1 fully saturated rings. The zero-order chi connectivity index (χ0) is 21.8. The number of piperazine rings is 1. The van der Waals surface area contributed by atoms with Crippen LogP contribution in [0.4, 0.5) is 0 Å². The van der Waals surface area contributed by atoms with Crippen molar-refractivity contribution in [1.29, 1.82) is 0 Å². The van der Waals surface area contributed by atoms with Crippen molar-refractivity contribution in [2.75, 3.05) is 32.7 Å². The van der Waals surface area contributed by atoms with Gasteiger partial charge in [0.25, 0.3) is 0 Å². The number of imidazole rings is 1. The van der Waals surface area contributed by atoms with Crippen LogP contribution < -0.4 is 0 Å². The number of para-hydroxylation sites is 2. The Hall–Kier alpha value is -2.08. The van der Waals surface area contributed by atoms with Gasteiger partial charge in [0.2, 0.25) is 0 Å². The van der Waals surface area contributed by atoms with Crippen LogP contribution in [-0.4, -0.2) is 52.1 Å². The molecule has 3 aromatic carbocycles. The van der Waals surface area contributed by atoms with Gasteiger partial charge in [-0.15, -0.1) is 37.2 Å². The molecule has 0 N–H and O–H groups in total. The van der Waals surface area contributed by atoms with Gasteiger partial charge in [0.05, 0.1) is 23.4 Å². The van der Waals surface area contributed by atoms with Gasteiger partial charge < -0.3 is 9.47 Å². The Labute approximate surface area is 227 Å². The average Bonchev–Trinajstić information content (AvgIpc) is 3.24. The molecule has 1 atom stereocenters. The first kappa shape index (κ1) is 29.2. The molecule has 0 amide bonds. The summed E-state index contributed by atoms with van der Waals surface area (Å²) in [5.74, 6) is 0.582. The van der Waals surface area contributed by atoms with Gasteiger partial charge in [-0.2, -0.15) is 0 Å². The maximum absolute atomic E-state index is 4.55. The zero-order valence-electron chi connectivity index (χ0n) is 20.1. The van der Waals surface area contributed by atoms with E-state index >= 15 is 0 Å². The number of nitrogens with zero attached hydrogens (tertiary/aromatic N) is 4. The number of halogens is 3. The molecule has 5 rings (SSSR count). The van der Waals surface area contributed by atoms with Crippen LogP contribution in [-0.2, 0) is 6.54 Å². The number of rotatable bonds is 7. The molecule has 1 aromatic heterocycles. The molecule has 0 spiro atoms. The highest BCUT2D eigenvalue weighted by Gasteiger charge is 2.26. The van der Waals surface area contributed by atoms with Gasteiger partial charge in [0.1, 0.15) is 0 Å². The molecular weight excluding hydrogens is 499 g/mol. The van der Waals surface area contributed by atoms with Crippen molar-refractivity contribution in [1.82, 2.24) is 19.4 Å². The molecular formula is C28H35Cl3N4. The molecule has 1 aliphatic heterocycles. The highest BCUT2D eigenvalue weighted by molar-refractivity contribution is 5.86. The second-order valence-corrected chi connectivity index (χ2v) is 9.05. The van der Waals surface area contributed by atoms with Gasteiger partial charge in [-0.25, -0.2) is 4.98 Å². The summed E-state index contributed by atoms with van der Waals surface area (Å²) in [4.78, 5) is 9.83. The van der Waals surface area contributed by atoms with Crippen molar-refractivity contribution < 1.29 is 0 Å². The van der Waals surface area contributed by atoms with E-state index in [0.717, 1.165) is 44.8 Å². The molecule has 0 radical (unpaired) electrons. The first-order chi connectivity index (χ1) is 15.8. The molecule has 1 aliphatic rings. The molecule has 188 valence electrons. The number of benzene rings is 3. The van der Waals surface area contributed by atoms with E-state index in [1.165, 1.54) is 16.6 Å². The van der Waals surface area contributed by atoms with E-state index in [1.54, 1.807) is 0 Å². The molecule has 0 aliphatic carbocycles. The lowest BCUT2D eigenvalue weighted by molar-refractivity contribution is 0.0973. The largest absolute Gasteiger partial charge is 0.330 e. The van der Waals surface area contributed by atoms with Crippen molar-refractivity contribution in [3.8, 4) is 0 Å². The van der Waals surface area contributed by atoms with E-state index in [4.69, 9.17) is 0 Å². The number of aromatic nitrogens is 2. The number of hydrogen-bond acceptors (Lipinski definition) is 3. The van der Waals surface area contributed by atoms with Crippen molar-refractivity contribution in [2.24, 2.45) is 5.92 Å². The normalized spacial score (nSPS) is 15.1. The molecule has 7 heteroatoms. The SMILES string of the molecule is CC(CN1CCN(C(c2ccccc2)c2ccccc2)CC1)Cn1cnc2ccccc21.Cl.Cl.Cl. The van der Waals surface area contributed by atoms with E-state index < -0.39 is 0 Å². The van der Waals surface area contributed by atoms with Gasteiger partial charge in [0.15, 0.2) is 0 Å². The van der Waals surface area contributed by atoms with Crippen molar-refractivity contribution in [3.63, 3.8) is 0 Å². The molecule has 2 heterocycles. The fourth-order valence-electron chi connectivity index (χ4n) is 5.08. The Morgan fingerprint density at radius 1 is 0.686 bits per heavy atom. The molecule has 1 saturated heterocycles. The van der Waals surface area contributed by atoms with Crippen molar-refractivity contribution >= 4 is 48.3 Å². The van der Waals surface area contributed by atoms with Gasteiger partial charge in [0, 0.05) is 39.3 Å². The van der Waals surface area contributed by atoms with E-state index in [0.29, 0.717) is 12.0 Å². The third-order valence-corrected chi connectivity index (χ3v) is 6.61. The first-order valence-corrected chi connectivity index (χ1v) is 11.7. The Morgan fingerprint density at radius 2 is 1.23 bits per heavy atom. The molecule has 0 saturated carbocycles. The van der Waals surface area contributed by atoms with Crippen molar-refractivity contribution in [2.45, 2.75) is 19.5 Å². The molecule has 35 heavy (non-hydrogen) atoms. The summed E-state index contributed by atoms with van der Waals surface area (Å²) in [6, 6.07) is 30.6. The predicted octanol–water partition coefficient (Wildman–Crippen LogP) is 6.35. The Morgan fingerprint density at radius 3 is 1.83 bits per heavy atom. The van der Waals surface area contributed by atoms with Gasteiger partial charge in [-0.3, -0.25) is 4.90 Å². The first-order valence-electron chi connectivity index (χ1n) is 11.7. The Kier molecular flexibility index (Phi) is 11.5. The third kappa shape index (κ3) is 6.99. The molecule has 1 unspecified atom stereocenters. The Balaban J connectivity index is 0.00000144. The smallest absolute Gasteiger partial charge is 0.0958 e. The molecule has 0 bridgehead atoms. The number of fused-ring (bicyclic) bond motifs is 1. The molecule has 4 nitrogen and oxygen atoms in total. The highest BCUT2D eigenvalue weighted by atomic mass is 35.5. The lowest BCUT2D eigenvalue weighted by atomic mass is 9.96. The molecule has 4 aromatic rings. The van der Waals surface area contributed by atoms with Crippen molar-refractivity contribution in [3.05, 3.63) is 102 Å². The fourth-order valence-corrected chi connectivity index (χ4v) is 5.08. The van der Waals surface area contributed by atoms with Crippen LogP contribution >= 0.6 is 37.2 Å². The minimum atomic E-state index is 0. The monoisotopic (exact) mass is 532 g/mol. The lowest BCUT2D eigenvalue weighted by Crippen LogP contribution is -2.49. The van der Waals surface area contributed by atoms with Gasteiger partial charge in [-0.1, -0.05) is 79.7 Å². The van der Waals surface area contributed by atoms with E-state index in [1.807, 2.05) is 6.33 Å². The van der Waals surface area contributed by atoms with Crippen LogP contribution in [0.2, 0.25) is 0 Å². The summed E-state index contributed by atoms with van der Waals surface area (Å²) in [5.41, 5.74) is 5.08. The Bertz CT molecular complexity index is 1090. The van der Waals surface area contributed by atoms with Gasteiger partial charge in [-0.05, 0) is 29.2 Å². The standard InChI is InChI=1S/C28H32N4.3ClH/c1-23(21-32-22-29-26-14-8-9-15-27(26)32)20-30-16-18-31(19-17-30)28(24-10-4-2-5-11-24)25-12-6-3-7-13-25;;;/h2-15,22-23,28H,16-21H2,1H3;3*1H. The summed E-state index contributed by atoms with van der Waals surface area (Å²) in [5, 5.41) is 0. The summed E-state index contributed by atoms with van der Waals surface area (Å²) >= 11 is 0.